The van der Waals surface area contributed by atoms with Crippen molar-refractivity contribution >= 4 is 75.0 Å². The molecular weight excluding hydrogens is 673 g/mol. The van der Waals surface area contributed by atoms with Crippen LogP contribution in [0, 0.1) is 0 Å². The number of hydrogen-bond donors (Lipinski definition) is 2. The van der Waals surface area contributed by atoms with Crippen molar-refractivity contribution in [2.45, 2.75) is 12.2 Å². The SMILES string of the molecule is O=C(COc1ccc2sc3ccccc3c(=O)c2c1)OCC(O)COCC(O)COC(=O)COc1ccc2sc3ccccc3c(=O)c2c1. The van der Waals surface area contributed by atoms with Crippen LogP contribution in [-0.4, -0.2) is 74.0 Å². The Balaban J connectivity index is 0.867. The van der Waals surface area contributed by atoms with E-state index in [1.54, 1.807) is 60.7 Å². The normalized spacial score (nSPS) is 12.6. The van der Waals surface area contributed by atoms with Crippen LogP contribution in [0.4, 0.5) is 0 Å². The monoisotopic (exact) mass is 702 g/mol. The minimum Gasteiger partial charge on any atom is -0.482 e. The molecule has 2 atom stereocenters. The van der Waals surface area contributed by atoms with Gasteiger partial charge in [0.2, 0.25) is 0 Å². The number of carbonyl (C=O) groups excluding carboxylic acids is 2. The fourth-order valence-corrected chi connectivity index (χ4v) is 7.03. The van der Waals surface area contributed by atoms with E-state index in [4.69, 9.17) is 23.7 Å². The first-order valence-electron chi connectivity index (χ1n) is 15.2. The molecule has 0 bridgehead atoms. The van der Waals surface area contributed by atoms with Gasteiger partial charge in [-0.3, -0.25) is 9.59 Å². The fourth-order valence-electron chi connectivity index (χ4n) is 4.93. The van der Waals surface area contributed by atoms with Crippen LogP contribution in [0.3, 0.4) is 0 Å². The number of ether oxygens (including phenoxy) is 5. The van der Waals surface area contributed by atoms with Gasteiger partial charge in [0.1, 0.15) is 36.9 Å². The second-order valence-electron chi connectivity index (χ2n) is 11.0. The summed E-state index contributed by atoms with van der Waals surface area (Å²) in [6.07, 6.45) is -2.36. The molecule has 11 nitrogen and oxygen atoms in total. The summed E-state index contributed by atoms with van der Waals surface area (Å²) < 4.78 is 29.6. The van der Waals surface area contributed by atoms with E-state index in [1.165, 1.54) is 22.7 Å². The van der Waals surface area contributed by atoms with Crippen molar-refractivity contribution in [1.82, 2.24) is 0 Å². The lowest BCUT2D eigenvalue weighted by Crippen LogP contribution is -2.30. The van der Waals surface area contributed by atoms with E-state index in [1.807, 2.05) is 24.3 Å². The first-order valence-corrected chi connectivity index (χ1v) is 16.8. The largest absolute Gasteiger partial charge is 0.482 e. The molecule has 0 saturated heterocycles. The van der Waals surface area contributed by atoms with Gasteiger partial charge in [0.15, 0.2) is 24.1 Å². The van der Waals surface area contributed by atoms with Gasteiger partial charge in [-0.25, -0.2) is 9.59 Å². The molecule has 6 aromatic rings. The third kappa shape index (κ3) is 8.39. The summed E-state index contributed by atoms with van der Waals surface area (Å²) in [4.78, 5) is 50.0. The predicted octanol–water partition coefficient (Wildman–Crippen LogP) is 4.43. The molecule has 4 aromatic carbocycles. The van der Waals surface area contributed by atoms with Gasteiger partial charge in [-0.2, -0.15) is 0 Å². The first-order chi connectivity index (χ1) is 23.7. The van der Waals surface area contributed by atoms with Crippen LogP contribution in [-0.2, 0) is 23.8 Å². The van der Waals surface area contributed by atoms with Gasteiger partial charge < -0.3 is 33.9 Å². The minimum atomic E-state index is -1.18. The van der Waals surface area contributed by atoms with Crippen LogP contribution >= 0.6 is 22.7 Å². The van der Waals surface area contributed by atoms with Gasteiger partial charge in [-0.1, -0.05) is 24.3 Å². The van der Waals surface area contributed by atoms with E-state index >= 15 is 0 Å². The molecule has 0 saturated carbocycles. The number of aliphatic hydroxyl groups is 2. The van der Waals surface area contributed by atoms with Crippen LogP contribution in [0.1, 0.15) is 0 Å². The van der Waals surface area contributed by atoms with Crippen LogP contribution in [0.15, 0.2) is 94.5 Å². The predicted molar refractivity (Wildman–Crippen MR) is 187 cm³/mol. The average molecular weight is 703 g/mol. The minimum absolute atomic E-state index is 0.121. The third-order valence-corrected chi connectivity index (χ3v) is 9.61. The highest BCUT2D eigenvalue weighted by molar-refractivity contribution is 7.24. The molecule has 0 fully saturated rings. The maximum absolute atomic E-state index is 12.9. The van der Waals surface area contributed by atoms with Crippen molar-refractivity contribution in [3.8, 4) is 11.5 Å². The van der Waals surface area contributed by atoms with Crippen LogP contribution in [0.2, 0.25) is 0 Å². The maximum atomic E-state index is 12.9. The molecular formula is C36H30O11S2. The second-order valence-corrected chi connectivity index (χ2v) is 13.1. The number of benzene rings is 4. The Morgan fingerprint density at radius 1 is 0.551 bits per heavy atom. The van der Waals surface area contributed by atoms with Crippen molar-refractivity contribution in [2.75, 3.05) is 39.6 Å². The molecule has 0 aliphatic heterocycles. The molecule has 2 heterocycles. The molecule has 49 heavy (non-hydrogen) atoms. The molecule has 0 aliphatic rings. The van der Waals surface area contributed by atoms with E-state index in [2.05, 4.69) is 0 Å². The Bertz CT molecular complexity index is 2100. The smallest absolute Gasteiger partial charge is 0.344 e. The summed E-state index contributed by atoms with van der Waals surface area (Å²) in [6.45, 7) is -2.13. The molecule has 0 aliphatic carbocycles. The summed E-state index contributed by atoms with van der Waals surface area (Å²) in [5.74, 6) is -0.809. The number of hydrogen-bond acceptors (Lipinski definition) is 13. The van der Waals surface area contributed by atoms with Gasteiger partial charge in [-0.15, -0.1) is 22.7 Å². The number of fused-ring (bicyclic) bond motifs is 4. The Labute approximate surface area is 286 Å². The molecule has 0 radical (unpaired) electrons. The van der Waals surface area contributed by atoms with Crippen LogP contribution in [0.5, 0.6) is 11.5 Å². The van der Waals surface area contributed by atoms with Crippen molar-refractivity contribution in [3.63, 3.8) is 0 Å². The standard InChI is InChI=1S/C36H30O11S2/c37-21(17-46-33(39)19-44-23-9-11-31-27(13-23)35(41)25-5-1-3-7-29(25)48-31)15-43-16-22(38)18-47-34(40)20-45-24-10-12-32-28(14-24)36(42)26-6-2-4-8-30(26)49-32/h1-14,21-22,37-38H,15-20H2. The lowest BCUT2D eigenvalue weighted by molar-refractivity contribution is -0.151. The van der Waals surface area contributed by atoms with E-state index in [0.29, 0.717) is 33.0 Å². The fraction of sp³-hybridized carbons (Fsp3) is 0.222. The number of aliphatic hydroxyl groups excluding tert-OH is 2. The molecule has 0 amide bonds. The first kappa shape index (κ1) is 34.0. The van der Waals surface area contributed by atoms with E-state index in [9.17, 15) is 29.4 Å². The maximum Gasteiger partial charge on any atom is 0.344 e. The van der Waals surface area contributed by atoms with E-state index < -0.39 is 37.4 Å². The van der Waals surface area contributed by atoms with Gasteiger partial charge in [0.05, 0.1) is 13.2 Å². The molecule has 2 aromatic heterocycles. The van der Waals surface area contributed by atoms with Gasteiger partial charge in [-0.05, 0) is 60.7 Å². The molecule has 13 heteroatoms. The Morgan fingerprint density at radius 3 is 1.41 bits per heavy atom. The second kappa shape index (κ2) is 15.5. The van der Waals surface area contributed by atoms with Gasteiger partial charge >= 0.3 is 11.9 Å². The summed E-state index contributed by atoms with van der Waals surface area (Å²) in [7, 11) is 0. The Hall–Kier alpha value is -4.92. The summed E-state index contributed by atoms with van der Waals surface area (Å²) in [6, 6.07) is 24.7. The van der Waals surface area contributed by atoms with E-state index in [-0.39, 0.29) is 37.3 Å². The zero-order chi connectivity index (χ0) is 34.3. The summed E-state index contributed by atoms with van der Waals surface area (Å²) in [5.41, 5.74) is -0.241. The van der Waals surface area contributed by atoms with E-state index in [0.717, 1.165) is 18.8 Å². The zero-order valence-corrected chi connectivity index (χ0v) is 27.5. The highest BCUT2D eigenvalue weighted by atomic mass is 32.1. The molecule has 2 unspecified atom stereocenters. The molecule has 0 spiro atoms. The highest BCUT2D eigenvalue weighted by Crippen LogP contribution is 2.28. The average Bonchev–Trinajstić information content (AvgIpc) is 3.12. The zero-order valence-electron chi connectivity index (χ0n) is 25.9. The van der Waals surface area contributed by atoms with Crippen molar-refractivity contribution in [1.29, 1.82) is 0 Å². The molecule has 252 valence electrons. The number of rotatable bonds is 14. The Morgan fingerprint density at radius 2 is 0.959 bits per heavy atom. The lowest BCUT2D eigenvalue weighted by atomic mass is 10.2. The van der Waals surface area contributed by atoms with Crippen molar-refractivity contribution in [3.05, 3.63) is 105 Å². The van der Waals surface area contributed by atoms with Crippen molar-refractivity contribution in [2.24, 2.45) is 0 Å². The van der Waals surface area contributed by atoms with Gasteiger partial charge in [0.25, 0.3) is 0 Å². The summed E-state index contributed by atoms with van der Waals surface area (Å²) >= 11 is 2.97. The lowest BCUT2D eigenvalue weighted by Gasteiger charge is -2.15. The number of esters is 2. The van der Waals surface area contributed by atoms with Crippen molar-refractivity contribution < 1.29 is 43.5 Å². The molecule has 2 N–H and O–H groups in total. The quantitative estimate of drug-likeness (QED) is 0.122. The van der Waals surface area contributed by atoms with Crippen LogP contribution < -0.4 is 20.3 Å². The number of carbonyl (C=O) groups is 2. The topological polar surface area (TPSA) is 155 Å². The molecule has 6 rings (SSSR count). The highest BCUT2D eigenvalue weighted by Gasteiger charge is 2.15. The summed E-state index contributed by atoms with van der Waals surface area (Å²) in [5, 5.41) is 22.4. The third-order valence-electron chi connectivity index (χ3n) is 7.30. The Kier molecular flexibility index (Phi) is 10.8. The van der Waals surface area contributed by atoms with Crippen LogP contribution in [0.25, 0.3) is 40.3 Å². The van der Waals surface area contributed by atoms with Gasteiger partial charge in [0, 0.05) is 40.3 Å².